The number of aryl methyl sites for hydroxylation is 2. The summed E-state index contributed by atoms with van der Waals surface area (Å²) in [6, 6.07) is 12.2. The number of carbonyl (C=O) groups excluding carboxylic acids is 2. The summed E-state index contributed by atoms with van der Waals surface area (Å²) in [6.45, 7) is 1.74. The monoisotopic (exact) mass is 398 g/mol. The first-order chi connectivity index (χ1) is 13.4. The lowest BCUT2D eigenvalue weighted by molar-refractivity contribution is -0.121. The molecule has 1 aliphatic heterocycles. The molecule has 2 aromatic rings. The van der Waals surface area contributed by atoms with Gasteiger partial charge >= 0.3 is 0 Å². The van der Waals surface area contributed by atoms with E-state index in [-0.39, 0.29) is 35.4 Å². The number of rotatable bonds is 5. The minimum atomic E-state index is -3.87. The van der Waals surface area contributed by atoms with Crippen LogP contribution >= 0.6 is 0 Å². The van der Waals surface area contributed by atoms with Gasteiger partial charge in [0.2, 0.25) is 5.91 Å². The van der Waals surface area contributed by atoms with Crippen molar-refractivity contribution in [1.29, 1.82) is 0 Å². The summed E-state index contributed by atoms with van der Waals surface area (Å²) >= 11 is 0. The normalized spacial score (nSPS) is 17.9. The van der Waals surface area contributed by atoms with Crippen molar-refractivity contribution in [1.82, 2.24) is 9.62 Å². The SMILES string of the molecule is C[C@@H](NC(=O)CCN1C(=O)c2ccccc2S1(=O)=O)c1ccc2c(c1)CCC2. The van der Waals surface area contributed by atoms with Gasteiger partial charge in [0, 0.05) is 13.0 Å². The molecule has 0 saturated carbocycles. The van der Waals surface area contributed by atoms with Crippen molar-refractivity contribution in [3.05, 3.63) is 64.7 Å². The molecule has 7 heteroatoms. The Labute approximate surface area is 164 Å². The fourth-order valence-electron chi connectivity index (χ4n) is 3.91. The van der Waals surface area contributed by atoms with Crippen LogP contribution in [0.5, 0.6) is 0 Å². The number of carbonyl (C=O) groups is 2. The van der Waals surface area contributed by atoms with Crippen LogP contribution in [0.3, 0.4) is 0 Å². The first kappa shape index (κ1) is 18.7. The van der Waals surface area contributed by atoms with Crippen LogP contribution in [-0.2, 0) is 27.7 Å². The van der Waals surface area contributed by atoms with Crippen molar-refractivity contribution in [2.24, 2.45) is 0 Å². The zero-order valence-electron chi connectivity index (χ0n) is 15.6. The maximum atomic E-state index is 12.5. The van der Waals surface area contributed by atoms with Gasteiger partial charge in [0.15, 0.2) is 0 Å². The third kappa shape index (κ3) is 3.20. The highest BCUT2D eigenvalue weighted by Crippen LogP contribution is 2.30. The van der Waals surface area contributed by atoms with Crippen LogP contribution in [0.15, 0.2) is 47.4 Å². The average Bonchev–Trinajstić information content (AvgIpc) is 3.21. The standard InChI is InChI=1S/C21H22N2O4S/c1-14(16-10-9-15-5-4-6-17(15)13-16)22-20(24)11-12-23-21(25)18-7-2-3-8-19(18)28(23,26)27/h2-3,7-10,13-14H,4-6,11-12H2,1H3,(H,22,24)/t14-/m1/s1. The smallest absolute Gasteiger partial charge is 0.269 e. The van der Waals surface area contributed by atoms with Gasteiger partial charge in [-0.25, -0.2) is 12.7 Å². The molecule has 1 heterocycles. The number of sulfonamides is 1. The number of hydrogen-bond acceptors (Lipinski definition) is 4. The summed E-state index contributed by atoms with van der Waals surface area (Å²) in [5.74, 6) is -0.859. The summed E-state index contributed by atoms with van der Waals surface area (Å²) in [5, 5.41) is 2.90. The molecule has 1 atom stereocenters. The second kappa shape index (κ2) is 7.05. The highest BCUT2D eigenvalue weighted by Gasteiger charge is 2.40. The Bertz CT molecular complexity index is 1060. The van der Waals surface area contributed by atoms with Crippen molar-refractivity contribution < 1.29 is 18.0 Å². The predicted molar refractivity (Wildman–Crippen MR) is 104 cm³/mol. The second-order valence-electron chi connectivity index (χ2n) is 7.30. The largest absolute Gasteiger partial charge is 0.350 e. The van der Waals surface area contributed by atoms with Gasteiger partial charge in [0.25, 0.3) is 15.9 Å². The van der Waals surface area contributed by atoms with E-state index in [2.05, 4.69) is 17.4 Å². The third-order valence-electron chi connectivity index (χ3n) is 5.45. The minimum Gasteiger partial charge on any atom is -0.350 e. The Morgan fingerprint density at radius 1 is 1.14 bits per heavy atom. The van der Waals surface area contributed by atoms with Crippen LogP contribution in [0, 0.1) is 0 Å². The molecule has 0 bridgehead atoms. The molecule has 2 amide bonds. The molecule has 0 fully saturated rings. The van der Waals surface area contributed by atoms with Gasteiger partial charge in [-0.3, -0.25) is 9.59 Å². The van der Waals surface area contributed by atoms with Gasteiger partial charge in [-0.05, 0) is 55.0 Å². The number of hydrogen-bond donors (Lipinski definition) is 1. The first-order valence-electron chi connectivity index (χ1n) is 9.45. The molecule has 2 aromatic carbocycles. The molecule has 2 aliphatic rings. The van der Waals surface area contributed by atoms with Gasteiger partial charge in [0.05, 0.1) is 11.6 Å². The van der Waals surface area contributed by atoms with E-state index >= 15 is 0 Å². The van der Waals surface area contributed by atoms with E-state index in [1.807, 2.05) is 13.0 Å². The lowest BCUT2D eigenvalue weighted by Crippen LogP contribution is -2.35. The lowest BCUT2D eigenvalue weighted by Gasteiger charge is -2.18. The lowest BCUT2D eigenvalue weighted by atomic mass is 10.0. The Hall–Kier alpha value is -2.67. The van der Waals surface area contributed by atoms with E-state index in [0.717, 1.165) is 22.7 Å². The van der Waals surface area contributed by atoms with E-state index in [4.69, 9.17) is 0 Å². The van der Waals surface area contributed by atoms with E-state index in [0.29, 0.717) is 0 Å². The van der Waals surface area contributed by atoms with Crippen LogP contribution < -0.4 is 5.32 Å². The van der Waals surface area contributed by atoms with E-state index in [1.165, 1.54) is 29.7 Å². The van der Waals surface area contributed by atoms with Crippen LogP contribution in [0.1, 0.15) is 52.9 Å². The molecule has 1 N–H and O–H groups in total. The quantitative estimate of drug-likeness (QED) is 0.839. The minimum absolute atomic E-state index is 0.00640. The number of benzene rings is 2. The molecule has 146 valence electrons. The maximum Gasteiger partial charge on any atom is 0.269 e. The predicted octanol–water partition coefficient (Wildman–Crippen LogP) is 2.59. The highest BCUT2D eigenvalue weighted by atomic mass is 32.2. The third-order valence-corrected chi connectivity index (χ3v) is 7.29. The number of nitrogens with one attached hydrogen (secondary N) is 1. The molecule has 0 saturated heterocycles. The maximum absolute atomic E-state index is 12.5. The van der Waals surface area contributed by atoms with Crippen LogP contribution in [0.25, 0.3) is 0 Å². The molecular weight excluding hydrogens is 376 g/mol. The molecule has 0 radical (unpaired) electrons. The molecule has 4 rings (SSSR count). The van der Waals surface area contributed by atoms with E-state index in [1.54, 1.807) is 12.1 Å². The van der Waals surface area contributed by atoms with Gasteiger partial charge in [-0.1, -0.05) is 30.3 Å². The van der Waals surface area contributed by atoms with E-state index < -0.39 is 15.9 Å². The Balaban J connectivity index is 1.39. The fourth-order valence-corrected chi connectivity index (χ4v) is 5.48. The highest BCUT2D eigenvalue weighted by molar-refractivity contribution is 7.90. The summed E-state index contributed by atoms with van der Waals surface area (Å²) in [6.07, 6.45) is 3.27. The molecule has 0 unspecified atom stereocenters. The van der Waals surface area contributed by atoms with Crippen molar-refractivity contribution in [3.63, 3.8) is 0 Å². The molecule has 0 spiro atoms. The van der Waals surface area contributed by atoms with Crippen molar-refractivity contribution in [2.45, 2.75) is 43.5 Å². The molecular formula is C21H22N2O4S. The van der Waals surface area contributed by atoms with Crippen LogP contribution in [0.2, 0.25) is 0 Å². The van der Waals surface area contributed by atoms with E-state index in [9.17, 15) is 18.0 Å². The zero-order valence-corrected chi connectivity index (χ0v) is 16.5. The zero-order chi connectivity index (χ0) is 19.9. The van der Waals surface area contributed by atoms with Crippen molar-refractivity contribution >= 4 is 21.8 Å². The number of amides is 2. The van der Waals surface area contributed by atoms with Crippen molar-refractivity contribution in [2.75, 3.05) is 6.54 Å². The first-order valence-corrected chi connectivity index (χ1v) is 10.9. The van der Waals surface area contributed by atoms with Gasteiger partial charge in [-0.15, -0.1) is 0 Å². The summed E-state index contributed by atoms with van der Waals surface area (Å²) < 4.78 is 25.9. The number of nitrogens with zero attached hydrogens (tertiary/aromatic N) is 1. The molecule has 0 aromatic heterocycles. The fraction of sp³-hybridized carbons (Fsp3) is 0.333. The summed E-state index contributed by atoms with van der Waals surface area (Å²) in [5.41, 5.74) is 3.91. The van der Waals surface area contributed by atoms with Gasteiger partial charge in [0.1, 0.15) is 4.90 Å². The van der Waals surface area contributed by atoms with Gasteiger partial charge in [-0.2, -0.15) is 0 Å². The summed E-state index contributed by atoms with van der Waals surface area (Å²) in [4.78, 5) is 24.8. The van der Waals surface area contributed by atoms with Gasteiger partial charge < -0.3 is 5.32 Å². The molecule has 1 aliphatic carbocycles. The second-order valence-corrected chi connectivity index (χ2v) is 9.13. The Kier molecular flexibility index (Phi) is 4.71. The molecule has 28 heavy (non-hydrogen) atoms. The molecule has 6 nitrogen and oxygen atoms in total. The van der Waals surface area contributed by atoms with Crippen LogP contribution in [-0.4, -0.2) is 31.1 Å². The topological polar surface area (TPSA) is 83.6 Å². The van der Waals surface area contributed by atoms with Crippen molar-refractivity contribution in [3.8, 4) is 0 Å². The Morgan fingerprint density at radius 2 is 1.89 bits per heavy atom. The number of fused-ring (bicyclic) bond motifs is 2. The summed E-state index contributed by atoms with van der Waals surface area (Å²) in [7, 11) is -3.87. The Morgan fingerprint density at radius 3 is 2.68 bits per heavy atom. The average molecular weight is 398 g/mol. The van der Waals surface area contributed by atoms with Crippen LogP contribution in [0.4, 0.5) is 0 Å².